The fraction of sp³-hybridized carbons (Fsp3) is 0.560. The van der Waals surface area contributed by atoms with E-state index in [0.717, 1.165) is 36.4 Å². The summed E-state index contributed by atoms with van der Waals surface area (Å²) in [6.07, 6.45) is 11.0. The van der Waals surface area contributed by atoms with Crippen LogP contribution in [0.3, 0.4) is 0 Å². The van der Waals surface area contributed by atoms with Gasteiger partial charge >= 0.3 is 6.09 Å². The lowest BCUT2D eigenvalue weighted by molar-refractivity contribution is 0.0188. The molecule has 3 aromatic rings. The molecule has 5 rings (SSSR count). The number of hydrogen-bond acceptors (Lipinski definition) is 7. The largest absolute Gasteiger partial charge is 0.444 e. The molecule has 1 saturated heterocycles. The van der Waals surface area contributed by atoms with Crippen molar-refractivity contribution in [3.63, 3.8) is 0 Å². The van der Waals surface area contributed by atoms with Crippen LogP contribution in [0.1, 0.15) is 64.4 Å². The van der Waals surface area contributed by atoms with Gasteiger partial charge in [-0.25, -0.2) is 24.3 Å². The molecule has 0 atom stereocenters. The molecule has 34 heavy (non-hydrogen) atoms. The van der Waals surface area contributed by atoms with Crippen LogP contribution < -0.4 is 5.32 Å². The number of nitrogens with one attached hydrogen (secondary N) is 1. The Morgan fingerprint density at radius 1 is 1.12 bits per heavy atom. The van der Waals surface area contributed by atoms with Gasteiger partial charge in [0.15, 0.2) is 5.65 Å². The summed E-state index contributed by atoms with van der Waals surface area (Å²) < 4.78 is 7.34. The Balaban J connectivity index is 1.20. The van der Waals surface area contributed by atoms with Crippen molar-refractivity contribution >= 4 is 17.7 Å². The van der Waals surface area contributed by atoms with E-state index in [0.29, 0.717) is 30.9 Å². The molecule has 9 nitrogen and oxygen atoms in total. The minimum absolute atomic E-state index is 0.224. The summed E-state index contributed by atoms with van der Waals surface area (Å²) in [5.41, 5.74) is 3.31. The topological polar surface area (TPSA) is 97.5 Å². The lowest BCUT2D eigenvalue weighted by atomic mass is 9.81. The number of carbonyl (C=O) groups excluding carboxylic acids is 1. The molecule has 1 amide bonds. The second-order valence-electron chi connectivity index (χ2n) is 10.4. The lowest BCUT2D eigenvalue weighted by Crippen LogP contribution is -2.42. The Kier molecular flexibility index (Phi) is 6.10. The number of nitrogens with zero attached hydrogens (tertiary/aromatic N) is 6. The molecule has 0 bridgehead atoms. The van der Waals surface area contributed by atoms with Crippen LogP contribution in [0.2, 0.25) is 0 Å². The highest BCUT2D eigenvalue weighted by molar-refractivity contribution is 5.68. The third-order valence-corrected chi connectivity index (χ3v) is 6.67. The predicted octanol–water partition coefficient (Wildman–Crippen LogP) is 4.51. The van der Waals surface area contributed by atoms with Crippen molar-refractivity contribution in [2.75, 3.05) is 25.0 Å². The van der Waals surface area contributed by atoms with Crippen molar-refractivity contribution in [2.45, 2.75) is 64.4 Å². The van der Waals surface area contributed by atoms with Gasteiger partial charge in [-0.05, 0) is 70.4 Å². The number of hydrogen-bond donors (Lipinski definition) is 1. The van der Waals surface area contributed by atoms with Gasteiger partial charge in [0.2, 0.25) is 5.95 Å². The highest BCUT2D eigenvalue weighted by Gasteiger charge is 2.27. The van der Waals surface area contributed by atoms with Crippen molar-refractivity contribution in [1.29, 1.82) is 0 Å². The quantitative estimate of drug-likeness (QED) is 0.594. The van der Waals surface area contributed by atoms with Gasteiger partial charge in [0.25, 0.3) is 0 Å². The maximum absolute atomic E-state index is 12.3. The minimum atomic E-state index is -0.464. The van der Waals surface area contributed by atoms with Crippen LogP contribution in [-0.2, 0) is 4.74 Å². The molecule has 1 saturated carbocycles. The first-order valence-corrected chi connectivity index (χ1v) is 12.3. The highest BCUT2D eigenvalue weighted by atomic mass is 16.6. The zero-order valence-electron chi connectivity index (χ0n) is 20.2. The Hall–Kier alpha value is -3.23. The molecule has 1 aliphatic heterocycles. The average molecular weight is 464 g/mol. The number of likely N-dealkylation sites (tertiary alicyclic amines) is 1. The number of amides is 1. The molecular formula is C25H33N7O2. The van der Waals surface area contributed by atoms with E-state index < -0.39 is 5.60 Å². The molecule has 1 N–H and O–H groups in total. The molecule has 9 heteroatoms. The molecule has 1 aliphatic carbocycles. The summed E-state index contributed by atoms with van der Waals surface area (Å²) in [5, 5.41) is 7.85. The Morgan fingerprint density at radius 3 is 2.59 bits per heavy atom. The third-order valence-electron chi connectivity index (χ3n) is 6.67. The van der Waals surface area contributed by atoms with Crippen LogP contribution in [0.4, 0.5) is 10.7 Å². The first-order valence-electron chi connectivity index (χ1n) is 12.3. The maximum atomic E-state index is 12.3. The van der Waals surface area contributed by atoms with Crippen LogP contribution >= 0.6 is 0 Å². The number of aromatic nitrogens is 5. The van der Waals surface area contributed by atoms with Crippen molar-refractivity contribution in [3.05, 3.63) is 36.3 Å². The van der Waals surface area contributed by atoms with E-state index in [2.05, 4.69) is 15.4 Å². The van der Waals surface area contributed by atoms with E-state index in [1.165, 1.54) is 24.8 Å². The maximum Gasteiger partial charge on any atom is 0.410 e. The number of carbonyl (C=O) groups is 1. The summed E-state index contributed by atoms with van der Waals surface area (Å²) in [4.78, 5) is 28.1. The second kappa shape index (κ2) is 9.19. The standard InChI is InChI=1S/C25H33N7O2/c1-25(2,3)34-24(33)31-12-8-17(9-13-31)15-27-23-26-11-7-20(30-23)21-10-14-32-22(29-21)19(16-28-32)18-5-4-6-18/h7,10-11,14,16-18H,4-6,8-9,12-13,15H2,1-3H3,(H,26,27,30). The van der Waals surface area contributed by atoms with E-state index in [9.17, 15) is 4.79 Å². The van der Waals surface area contributed by atoms with Gasteiger partial charge in [0.05, 0.1) is 17.6 Å². The van der Waals surface area contributed by atoms with Crippen molar-refractivity contribution in [3.8, 4) is 11.4 Å². The van der Waals surface area contributed by atoms with Crippen LogP contribution in [-0.4, -0.2) is 60.8 Å². The molecule has 3 aromatic heterocycles. The Morgan fingerprint density at radius 2 is 1.88 bits per heavy atom. The fourth-order valence-corrected chi connectivity index (χ4v) is 4.50. The lowest BCUT2D eigenvalue weighted by Gasteiger charge is -2.33. The SMILES string of the molecule is CC(C)(C)OC(=O)N1CCC(CNc2nccc(-c3ccn4ncc(C5CCC5)c4n3)n2)CC1. The normalized spacial score (nSPS) is 17.6. The van der Waals surface area contributed by atoms with Gasteiger partial charge < -0.3 is 15.0 Å². The molecule has 4 heterocycles. The number of ether oxygens (including phenoxy) is 1. The van der Waals surface area contributed by atoms with Gasteiger partial charge in [-0.1, -0.05) is 6.42 Å². The van der Waals surface area contributed by atoms with Gasteiger partial charge in [0.1, 0.15) is 5.60 Å². The smallest absolute Gasteiger partial charge is 0.410 e. The molecule has 2 aliphatic rings. The van der Waals surface area contributed by atoms with E-state index >= 15 is 0 Å². The third kappa shape index (κ3) is 4.98. The van der Waals surface area contributed by atoms with Crippen LogP contribution in [0.5, 0.6) is 0 Å². The molecule has 0 spiro atoms. The average Bonchev–Trinajstić information content (AvgIpc) is 3.19. The first-order chi connectivity index (χ1) is 16.4. The minimum Gasteiger partial charge on any atom is -0.444 e. The molecule has 0 radical (unpaired) electrons. The van der Waals surface area contributed by atoms with Crippen LogP contribution in [0, 0.1) is 5.92 Å². The van der Waals surface area contributed by atoms with E-state index in [4.69, 9.17) is 14.7 Å². The monoisotopic (exact) mass is 463 g/mol. The van der Waals surface area contributed by atoms with Crippen LogP contribution in [0.25, 0.3) is 17.0 Å². The highest BCUT2D eigenvalue weighted by Crippen LogP contribution is 2.38. The summed E-state index contributed by atoms with van der Waals surface area (Å²) in [7, 11) is 0. The van der Waals surface area contributed by atoms with Gasteiger partial charge in [0, 0.05) is 37.6 Å². The molecule has 0 unspecified atom stereocenters. The summed E-state index contributed by atoms with van der Waals surface area (Å²) in [5.74, 6) is 1.63. The van der Waals surface area contributed by atoms with Gasteiger partial charge in [-0.2, -0.15) is 5.10 Å². The molecule has 180 valence electrons. The molecule has 0 aromatic carbocycles. The van der Waals surface area contributed by atoms with Crippen LogP contribution in [0.15, 0.2) is 30.7 Å². The fourth-order valence-electron chi connectivity index (χ4n) is 4.50. The first kappa shape index (κ1) is 22.6. The zero-order chi connectivity index (χ0) is 23.7. The molecular weight excluding hydrogens is 430 g/mol. The summed E-state index contributed by atoms with van der Waals surface area (Å²) in [6.45, 7) is 7.87. The Bertz CT molecular complexity index is 1160. The summed E-state index contributed by atoms with van der Waals surface area (Å²) >= 11 is 0. The Labute approximate surface area is 200 Å². The predicted molar refractivity (Wildman–Crippen MR) is 130 cm³/mol. The number of anilines is 1. The number of rotatable bonds is 5. The molecule has 2 fully saturated rings. The van der Waals surface area contributed by atoms with E-state index in [1.54, 1.807) is 11.1 Å². The van der Waals surface area contributed by atoms with Gasteiger partial charge in [-0.3, -0.25) is 0 Å². The van der Waals surface area contributed by atoms with Crippen molar-refractivity contribution in [1.82, 2.24) is 29.5 Å². The van der Waals surface area contributed by atoms with Gasteiger partial charge in [-0.15, -0.1) is 0 Å². The number of fused-ring (bicyclic) bond motifs is 1. The zero-order valence-corrected chi connectivity index (χ0v) is 20.2. The van der Waals surface area contributed by atoms with Crippen molar-refractivity contribution in [2.24, 2.45) is 5.92 Å². The second-order valence-corrected chi connectivity index (χ2v) is 10.4. The van der Waals surface area contributed by atoms with E-state index in [-0.39, 0.29) is 6.09 Å². The van der Waals surface area contributed by atoms with Crippen molar-refractivity contribution < 1.29 is 9.53 Å². The number of piperidine rings is 1. The van der Waals surface area contributed by atoms with E-state index in [1.807, 2.05) is 49.8 Å². The summed E-state index contributed by atoms with van der Waals surface area (Å²) in [6, 6.07) is 3.84.